The summed E-state index contributed by atoms with van der Waals surface area (Å²) in [7, 11) is 1.59. The van der Waals surface area contributed by atoms with Crippen LogP contribution in [0.5, 0.6) is 0 Å². The van der Waals surface area contributed by atoms with Crippen LogP contribution in [-0.4, -0.2) is 56.3 Å². The molecule has 0 bridgehead atoms. The number of methoxy groups -OCH3 is 1. The fraction of sp³-hybridized carbons (Fsp3) is 0.323. The van der Waals surface area contributed by atoms with Crippen molar-refractivity contribution in [2.45, 2.75) is 45.6 Å². The van der Waals surface area contributed by atoms with Crippen LogP contribution in [0.2, 0.25) is 0 Å². The van der Waals surface area contributed by atoms with E-state index in [4.69, 9.17) is 15.5 Å². The predicted molar refractivity (Wildman–Crippen MR) is 158 cm³/mol. The predicted octanol–water partition coefficient (Wildman–Crippen LogP) is 4.75. The number of fused-ring (bicyclic) bond motifs is 1. The fourth-order valence-electron chi connectivity index (χ4n) is 5.40. The number of aromatic nitrogens is 4. The molecule has 0 radical (unpaired) electrons. The molecule has 4 aromatic rings. The Morgan fingerprint density at radius 3 is 2.83 bits per heavy atom. The van der Waals surface area contributed by atoms with Crippen LogP contribution >= 0.6 is 0 Å². The number of anilines is 2. The highest BCUT2D eigenvalue weighted by Gasteiger charge is 2.33. The third kappa shape index (κ3) is 5.83. The first-order chi connectivity index (χ1) is 19.9. The van der Waals surface area contributed by atoms with Crippen molar-refractivity contribution in [1.29, 1.82) is 0 Å². The number of likely N-dealkylation sites (tertiary alicyclic amines) is 1. The number of hydrogen-bond acceptors (Lipinski definition) is 7. The zero-order chi connectivity index (χ0) is 28.9. The van der Waals surface area contributed by atoms with E-state index in [1.165, 1.54) is 0 Å². The van der Waals surface area contributed by atoms with E-state index in [9.17, 15) is 9.59 Å². The van der Waals surface area contributed by atoms with Crippen LogP contribution < -0.4 is 11.1 Å². The monoisotopic (exact) mass is 553 g/mol. The molecule has 1 fully saturated rings. The van der Waals surface area contributed by atoms with Crippen molar-refractivity contribution in [3.8, 4) is 11.3 Å². The van der Waals surface area contributed by atoms with Gasteiger partial charge in [0.1, 0.15) is 28.7 Å². The lowest BCUT2D eigenvalue weighted by molar-refractivity contribution is -0.127. The molecule has 1 atom stereocenters. The number of nitrogens with two attached hydrogens (primary N) is 1. The molecule has 3 N–H and O–H groups in total. The second-order valence-corrected chi connectivity index (χ2v) is 10.2. The summed E-state index contributed by atoms with van der Waals surface area (Å²) in [5.74, 6) is 1.29. The van der Waals surface area contributed by atoms with E-state index in [2.05, 4.69) is 22.2 Å². The van der Waals surface area contributed by atoms with Crippen molar-refractivity contribution in [2.75, 3.05) is 31.3 Å². The van der Waals surface area contributed by atoms with E-state index in [0.29, 0.717) is 41.6 Å². The van der Waals surface area contributed by atoms with Crippen molar-refractivity contribution in [2.24, 2.45) is 0 Å². The second-order valence-electron chi connectivity index (χ2n) is 10.2. The highest BCUT2D eigenvalue weighted by atomic mass is 16.5. The molecule has 5 rings (SSSR count). The standard InChI is InChI=1S/C31H35N7O3/c1-4-7-21-12-13-33-25(19-21)35-31(40)22-10-11-23(20(2)18-22)27-28-29(32)34-14-16-38(28)30(36-27)24-8-5-15-37(24)26(39)9-6-17-41-3/h6,9-14,16,18-19,24H,4-5,7-8,15,17H2,1-3H3,(H2,32,34)(H,33,35,40)/t24-/m0/s1. The average molecular weight is 554 g/mol. The maximum Gasteiger partial charge on any atom is 0.256 e. The number of nitrogens with one attached hydrogen (secondary N) is 1. The first-order valence-electron chi connectivity index (χ1n) is 13.9. The van der Waals surface area contributed by atoms with Gasteiger partial charge in [0, 0.05) is 49.4 Å². The molecule has 0 aliphatic carbocycles. The molecule has 41 heavy (non-hydrogen) atoms. The maximum absolute atomic E-state index is 13.1. The molecule has 1 aliphatic heterocycles. The van der Waals surface area contributed by atoms with Crippen molar-refractivity contribution in [1.82, 2.24) is 24.3 Å². The normalized spacial score (nSPS) is 15.2. The minimum atomic E-state index is -0.237. The van der Waals surface area contributed by atoms with Crippen LogP contribution in [0.1, 0.15) is 59.5 Å². The van der Waals surface area contributed by atoms with Gasteiger partial charge < -0.3 is 20.7 Å². The number of amides is 2. The highest BCUT2D eigenvalue weighted by molar-refractivity contribution is 6.04. The van der Waals surface area contributed by atoms with Gasteiger partial charge >= 0.3 is 0 Å². The number of aryl methyl sites for hydroxylation is 2. The van der Waals surface area contributed by atoms with E-state index in [1.807, 2.05) is 46.7 Å². The van der Waals surface area contributed by atoms with Gasteiger partial charge in [0.15, 0.2) is 0 Å². The third-order valence-corrected chi connectivity index (χ3v) is 7.32. The Balaban J connectivity index is 1.47. The molecule has 3 aromatic heterocycles. The molecule has 1 aliphatic rings. The molecule has 0 unspecified atom stereocenters. The SMILES string of the molecule is CCCc1ccnc(NC(=O)c2ccc(-c3nc([C@@H]4CCCN4C(=O)C=CCOC)n4ccnc(N)c34)c(C)c2)c1. The first kappa shape index (κ1) is 28.0. The number of nitrogen functional groups attached to an aromatic ring is 1. The van der Waals surface area contributed by atoms with Crippen LogP contribution in [0, 0.1) is 6.92 Å². The first-order valence-corrected chi connectivity index (χ1v) is 13.9. The molecule has 1 aromatic carbocycles. The minimum absolute atomic E-state index is 0.0776. The Morgan fingerprint density at radius 1 is 1.20 bits per heavy atom. The van der Waals surface area contributed by atoms with Crippen LogP contribution in [0.4, 0.5) is 11.6 Å². The molecule has 2 amide bonds. The molecule has 1 saturated heterocycles. The van der Waals surface area contributed by atoms with Crippen molar-refractivity contribution < 1.29 is 14.3 Å². The van der Waals surface area contributed by atoms with Gasteiger partial charge in [-0.05, 0) is 61.6 Å². The van der Waals surface area contributed by atoms with Crippen LogP contribution in [0.3, 0.4) is 0 Å². The largest absolute Gasteiger partial charge is 0.382 e. The lowest BCUT2D eigenvalue weighted by Crippen LogP contribution is -2.30. The third-order valence-electron chi connectivity index (χ3n) is 7.32. The van der Waals surface area contributed by atoms with Gasteiger partial charge in [0.25, 0.3) is 5.91 Å². The molecular weight excluding hydrogens is 518 g/mol. The summed E-state index contributed by atoms with van der Waals surface area (Å²) in [4.78, 5) is 41.6. The summed E-state index contributed by atoms with van der Waals surface area (Å²) in [6, 6.07) is 9.15. The summed E-state index contributed by atoms with van der Waals surface area (Å²) >= 11 is 0. The quantitative estimate of drug-likeness (QED) is 0.286. The number of pyridine rings is 1. The lowest BCUT2D eigenvalue weighted by atomic mass is 10.0. The van der Waals surface area contributed by atoms with Gasteiger partial charge in [-0.1, -0.05) is 25.5 Å². The van der Waals surface area contributed by atoms with E-state index in [1.54, 1.807) is 37.7 Å². The van der Waals surface area contributed by atoms with Gasteiger partial charge in [0.2, 0.25) is 5.91 Å². The summed E-state index contributed by atoms with van der Waals surface area (Å²) in [5, 5.41) is 2.91. The van der Waals surface area contributed by atoms with Crippen molar-refractivity contribution in [3.05, 3.63) is 83.6 Å². The Hall–Kier alpha value is -4.57. The lowest BCUT2D eigenvalue weighted by Gasteiger charge is -2.22. The number of ether oxygens (including phenoxy) is 1. The molecular formula is C31H35N7O3. The van der Waals surface area contributed by atoms with Gasteiger partial charge in [-0.2, -0.15) is 0 Å². The van der Waals surface area contributed by atoms with Crippen LogP contribution in [0.15, 0.2) is 61.1 Å². The number of rotatable bonds is 9. The minimum Gasteiger partial charge on any atom is -0.382 e. The maximum atomic E-state index is 13.1. The van der Waals surface area contributed by atoms with E-state index >= 15 is 0 Å². The highest BCUT2D eigenvalue weighted by Crippen LogP contribution is 2.37. The fourth-order valence-corrected chi connectivity index (χ4v) is 5.40. The van der Waals surface area contributed by atoms with Crippen molar-refractivity contribution in [3.63, 3.8) is 0 Å². The number of carbonyl (C=O) groups excluding carboxylic acids is 2. The van der Waals surface area contributed by atoms with Crippen LogP contribution in [-0.2, 0) is 16.0 Å². The zero-order valence-corrected chi connectivity index (χ0v) is 23.6. The number of hydrogen-bond donors (Lipinski definition) is 2. The topological polar surface area (TPSA) is 128 Å². The summed E-state index contributed by atoms with van der Waals surface area (Å²) < 4.78 is 6.98. The Bertz CT molecular complexity index is 1610. The van der Waals surface area contributed by atoms with E-state index < -0.39 is 0 Å². The zero-order valence-electron chi connectivity index (χ0n) is 23.6. The molecule has 10 nitrogen and oxygen atoms in total. The molecule has 10 heteroatoms. The average Bonchev–Trinajstić information content (AvgIpc) is 3.59. The molecule has 4 heterocycles. The van der Waals surface area contributed by atoms with E-state index in [0.717, 1.165) is 48.2 Å². The van der Waals surface area contributed by atoms with Gasteiger partial charge in [-0.25, -0.2) is 15.0 Å². The molecule has 0 saturated carbocycles. The number of carbonyl (C=O) groups is 2. The molecule has 212 valence electrons. The Labute approximate surface area is 239 Å². The summed E-state index contributed by atoms with van der Waals surface area (Å²) in [6.45, 7) is 5.07. The van der Waals surface area contributed by atoms with E-state index in [-0.39, 0.29) is 17.9 Å². The Morgan fingerprint density at radius 2 is 2.05 bits per heavy atom. The van der Waals surface area contributed by atoms with Gasteiger partial charge in [-0.3, -0.25) is 14.0 Å². The summed E-state index contributed by atoms with van der Waals surface area (Å²) in [5.41, 5.74) is 11.1. The second kappa shape index (κ2) is 12.3. The van der Waals surface area contributed by atoms with Gasteiger partial charge in [0.05, 0.1) is 12.6 Å². The van der Waals surface area contributed by atoms with Crippen molar-refractivity contribution >= 4 is 29.0 Å². The van der Waals surface area contributed by atoms with Crippen LogP contribution in [0.25, 0.3) is 16.8 Å². The summed E-state index contributed by atoms with van der Waals surface area (Å²) in [6.07, 6.45) is 12.1. The number of imidazole rings is 1. The smallest absolute Gasteiger partial charge is 0.256 e. The molecule has 0 spiro atoms. The number of nitrogens with zero attached hydrogens (tertiary/aromatic N) is 5. The Kier molecular flexibility index (Phi) is 8.39. The van der Waals surface area contributed by atoms with Gasteiger partial charge in [-0.15, -0.1) is 0 Å². The number of benzene rings is 1.